The van der Waals surface area contributed by atoms with E-state index in [2.05, 4.69) is 45.1 Å². The molecule has 3 aromatic rings. The zero-order valence-corrected chi connectivity index (χ0v) is 15.7. The molecule has 2 aromatic carbocycles. The maximum atomic E-state index is 13.5. The van der Waals surface area contributed by atoms with Crippen molar-refractivity contribution in [2.75, 3.05) is 5.32 Å². The van der Waals surface area contributed by atoms with Gasteiger partial charge in [0.1, 0.15) is 11.6 Å². The van der Waals surface area contributed by atoms with Crippen molar-refractivity contribution < 1.29 is 9.18 Å². The summed E-state index contributed by atoms with van der Waals surface area (Å²) in [5.41, 5.74) is 3.43. The van der Waals surface area contributed by atoms with Crippen LogP contribution in [0, 0.1) is 5.82 Å². The van der Waals surface area contributed by atoms with Crippen LogP contribution in [0.1, 0.15) is 37.6 Å². The van der Waals surface area contributed by atoms with Crippen LogP contribution in [0.15, 0.2) is 40.9 Å². The van der Waals surface area contributed by atoms with Crippen LogP contribution >= 0.6 is 15.9 Å². The van der Waals surface area contributed by atoms with E-state index in [4.69, 9.17) is 0 Å². The highest BCUT2D eigenvalue weighted by atomic mass is 79.9. The van der Waals surface area contributed by atoms with Crippen molar-refractivity contribution in [1.82, 2.24) is 9.97 Å². The minimum atomic E-state index is -0.400. The average Bonchev–Trinajstić information content (AvgIpc) is 3.00. The fraction of sp³-hybridized carbons (Fsp3) is 0.263. The number of carbonyl (C=O) groups is 1. The van der Waals surface area contributed by atoms with Crippen LogP contribution in [-0.4, -0.2) is 15.9 Å². The smallest absolute Gasteiger partial charge is 0.224 e. The number of fused-ring (bicyclic) bond motifs is 1. The van der Waals surface area contributed by atoms with Crippen molar-refractivity contribution in [3.8, 4) is 0 Å². The summed E-state index contributed by atoms with van der Waals surface area (Å²) in [6, 6.07) is 10.5. The molecule has 0 atom stereocenters. The largest absolute Gasteiger partial charge is 0.342 e. The molecule has 3 rings (SSSR count). The molecule has 0 unspecified atom stereocenters. The number of amides is 1. The summed E-state index contributed by atoms with van der Waals surface area (Å²) in [7, 11) is 0. The molecule has 0 aliphatic carbocycles. The summed E-state index contributed by atoms with van der Waals surface area (Å²) in [6.45, 7) is 4.18. The molecule has 1 aromatic heterocycles. The fourth-order valence-corrected chi connectivity index (χ4v) is 2.81. The standard InChI is InChI=1S/C19H19BrFN3O/c1-11(2)19-23-16-7-3-12(9-17(16)24-19)4-8-18(25)22-13-5-6-14(20)15(21)10-13/h3,5-7,9-11H,4,8H2,1-2H3,(H,22,25)(H,23,24). The van der Waals surface area contributed by atoms with E-state index in [0.717, 1.165) is 22.4 Å². The minimum Gasteiger partial charge on any atom is -0.342 e. The van der Waals surface area contributed by atoms with Gasteiger partial charge in [0.25, 0.3) is 0 Å². The number of anilines is 1. The van der Waals surface area contributed by atoms with E-state index in [1.54, 1.807) is 12.1 Å². The molecule has 130 valence electrons. The number of hydrogen-bond donors (Lipinski definition) is 2. The van der Waals surface area contributed by atoms with E-state index in [1.807, 2.05) is 18.2 Å². The average molecular weight is 404 g/mol. The number of carbonyl (C=O) groups excluding carboxylic acids is 1. The molecule has 1 heterocycles. The molecule has 0 saturated heterocycles. The first-order valence-electron chi connectivity index (χ1n) is 8.16. The third kappa shape index (κ3) is 4.25. The van der Waals surface area contributed by atoms with Crippen molar-refractivity contribution >= 4 is 38.6 Å². The van der Waals surface area contributed by atoms with E-state index in [1.165, 1.54) is 6.07 Å². The first-order chi connectivity index (χ1) is 11.9. The third-order valence-corrected chi connectivity index (χ3v) is 4.60. The van der Waals surface area contributed by atoms with Crippen molar-refractivity contribution in [3.63, 3.8) is 0 Å². The molecule has 4 nitrogen and oxygen atoms in total. The molecule has 0 aliphatic heterocycles. The normalized spacial score (nSPS) is 11.2. The lowest BCUT2D eigenvalue weighted by Gasteiger charge is -2.06. The number of rotatable bonds is 5. The number of aryl methyl sites for hydroxylation is 1. The van der Waals surface area contributed by atoms with E-state index in [9.17, 15) is 9.18 Å². The quantitative estimate of drug-likeness (QED) is 0.617. The molecule has 0 aliphatic rings. The number of H-pyrrole nitrogens is 1. The van der Waals surface area contributed by atoms with Gasteiger partial charge in [-0.25, -0.2) is 9.37 Å². The predicted molar refractivity (Wildman–Crippen MR) is 101 cm³/mol. The molecule has 0 fully saturated rings. The van der Waals surface area contributed by atoms with E-state index in [-0.39, 0.29) is 5.91 Å². The maximum Gasteiger partial charge on any atom is 0.224 e. The van der Waals surface area contributed by atoms with Gasteiger partial charge in [-0.05, 0) is 58.2 Å². The lowest BCUT2D eigenvalue weighted by atomic mass is 10.1. The zero-order valence-electron chi connectivity index (χ0n) is 14.1. The van der Waals surface area contributed by atoms with Crippen molar-refractivity contribution in [2.45, 2.75) is 32.6 Å². The van der Waals surface area contributed by atoms with Crippen molar-refractivity contribution in [3.05, 3.63) is 58.1 Å². The van der Waals surface area contributed by atoms with E-state index >= 15 is 0 Å². The van der Waals surface area contributed by atoms with Crippen molar-refractivity contribution in [1.29, 1.82) is 0 Å². The highest BCUT2D eigenvalue weighted by molar-refractivity contribution is 9.10. The second-order valence-corrected chi connectivity index (χ2v) is 7.16. The molecule has 0 bridgehead atoms. The maximum absolute atomic E-state index is 13.5. The van der Waals surface area contributed by atoms with Crippen LogP contribution in [0.3, 0.4) is 0 Å². The predicted octanol–water partition coefficient (Wildman–Crippen LogP) is 5.16. The highest BCUT2D eigenvalue weighted by Gasteiger charge is 2.09. The van der Waals surface area contributed by atoms with Crippen LogP contribution < -0.4 is 5.32 Å². The van der Waals surface area contributed by atoms with Crippen LogP contribution in [0.25, 0.3) is 11.0 Å². The van der Waals surface area contributed by atoms with E-state index < -0.39 is 5.82 Å². The Balaban J connectivity index is 1.63. The number of aromatic amines is 1. The SMILES string of the molecule is CC(C)c1nc2ccc(CCC(=O)Nc3ccc(Br)c(F)c3)cc2[nH]1. The van der Waals surface area contributed by atoms with Gasteiger partial charge in [-0.15, -0.1) is 0 Å². The first-order valence-corrected chi connectivity index (χ1v) is 8.95. The molecule has 6 heteroatoms. The Morgan fingerprint density at radius 2 is 2.08 bits per heavy atom. The number of hydrogen-bond acceptors (Lipinski definition) is 2. The highest BCUT2D eigenvalue weighted by Crippen LogP contribution is 2.21. The van der Waals surface area contributed by atoms with Gasteiger partial charge < -0.3 is 10.3 Å². The number of nitrogens with zero attached hydrogens (tertiary/aromatic N) is 1. The Kier molecular flexibility index (Phi) is 5.18. The minimum absolute atomic E-state index is 0.144. The van der Waals surface area contributed by atoms with Gasteiger partial charge in [-0.3, -0.25) is 4.79 Å². The molecule has 0 saturated carbocycles. The lowest BCUT2D eigenvalue weighted by molar-refractivity contribution is -0.116. The summed E-state index contributed by atoms with van der Waals surface area (Å²) in [5, 5.41) is 2.72. The fourth-order valence-electron chi connectivity index (χ4n) is 2.56. The van der Waals surface area contributed by atoms with Gasteiger partial charge in [0.05, 0.1) is 15.5 Å². The lowest BCUT2D eigenvalue weighted by Crippen LogP contribution is -2.12. The molecule has 0 radical (unpaired) electrons. The van der Waals surface area contributed by atoms with Crippen LogP contribution in [0.4, 0.5) is 10.1 Å². The Hall–Kier alpha value is -2.21. The van der Waals surface area contributed by atoms with Gasteiger partial charge in [0.2, 0.25) is 5.91 Å². The number of halogens is 2. The first kappa shape index (κ1) is 17.6. The Labute approximate surface area is 154 Å². The Bertz CT molecular complexity index is 920. The molecule has 25 heavy (non-hydrogen) atoms. The third-order valence-electron chi connectivity index (χ3n) is 3.96. The number of aromatic nitrogens is 2. The molecular weight excluding hydrogens is 385 g/mol. The number of imidazole rings is 1. The van der Waals surface area contributed by atoms with Gasteiger partial charge in [-0.2, -0.15) is 0 Å². The Morgan fingerprint density at radius 3 is 2.80 bits per heavy atom. The summed E-state index contributed by atoms with van der Waals surface area (Å²) in [5.74, 6) is 0.757. The molecule has 1 amide bonds. The number of benzene rings is 2. The second kappa shape index (κ2) is 7.35. The van der Waals surface area contributed by atoms with Gasteiger partial charge in [0, 0.05) is 18.0 Å². The van der Waals surface area contributed by atoms with E-state index in [0.29, 0.717) is 28.9 Å². The topological polar surface area (TPSA) is 57.8 Å². The summed E-state index contributed by atoms with van der Waals surface area (Å²) < 4.78 is 13.9. The second-order valence-electron chi connectivity index (χ2n) is 6.31. The van der Waals surface area contributed by atoms with Gasteiger partial charge in [-0.1, -0.05) is 19.9 Å². The summed E-state index contributed by atoms with van der Waals surface area (Å²) >= 11 is 3.09. The van der Waals surface area contributed by atoms with Gasteiger partial charge >= 0.3 is 0 Å². The summed E-state index contributed by atoms with van der Waals surface area (Å²) in [4.78, 5) is 19.9. The summed E-state index contributed by atoms with van der Waals surface area (Å²) in [6.07, 6.45) is 0.936. The Morgan fingerprint density at radius 1 is 1.28 bits per heavy atom. The molecular formula is C19H19BrFN3O. The zero-order chi connectivity index (χ0) is 18.0. The molecule has 2 N–H and O–H groups in total. The number of nitrogens with one attached hydrogen (secondary N) is 2. The molecule has 0 spiro atoms. The van der Waals surface area contributed by atoms with Gasteiger partial charge in [0.15, 0.2) is 0 Å². The van der Waals surface area contributed by atoms with Crippen LogP contribution in [-0.2, 0) is 11.2 Å². The van der Waals surface area contributed by atoms with Crippen molar-refractivity contribution in [2.24, 2.45) is 0 Å². The van der Waals surface area contributed by atoms with Crippen LogP contribution in [0.2, 0.25) is 0 Å². The van der Waals surface area contributed by atoms with Crippen LogP contribution in [0.5, 0.6) is 0 Å². The monoisotopic (exact) mass is 403 g/mol.